The van der Waals surface area contributed by atoms with Crippen LogP contribution in [0.3, 0.4) is 0 Å². The van der Waals surface area contributed by atoms with Gasteiger partial charge in [0.2, 0.25) is 17.6 Å². The highest BCUT2D eigenvalue weighted by Gasteiger charge is 2.33. The molecule has 144 valence electrons. The maximum absolute atomic E-state index is 12.8. The van der Waals surface area contributed by atoms with Gasteiger partial charge < -0.3 is 9.42 Å². The molecular formula is C23H25N3O2. The Labute approximate surface area is 165 Å². The fraction of sp³-hybridized carbons (Fsp3) is 0.348. The van der Waals surface area contributed by atoms with E-state index in [-0.39, 0.29) is 11.9 Å². The van der Waals surface area contributed by atoms with Crippen LogP contribution in [0.5, 0.6) is 0 Å². The SMILES string of the molecule is Cc1ccc(-c2noc([C@H]3CCCN3C(=O)CCCc3ccccc3)n2)cc1. The van der Waals surface area contributed by atoms with Crippen LogP contribution in [0.1, 0.15) is 48.7 Å². The third-order valence-corrected chi connectivity index (χ3v) is 5.31. The number of carbonyl (C=O) groups is 1. The number of rotatable bonds is 6. The van der Waals surface area contributed by atoms with Crippen LogP contribution in [0, 0.1) is 6.92 Å². The standard InChI is InChI=1S/C23H25N3O2/c1-17-12-14-19(15-13-17)22-24-23(28-25-22)20-10-6-16-26(20)21(27)11-5-9-18-7-3-2-4-8-18/h2-4,7-8,12-15,20H,5-6,9-11,16H2,1H3/t20-/m1/s1. The van der Waals surface area contributed by atoms with Crippen molar-refractivity contribution in [3.8, 4) is 11.4 Å². The predicted molar refractivity (Wildman–Crippen MR) is 108 cm³/mol. The Morgan fingerprint density at radius 1 is 1.14 bits per heavy atom. The minimum atomic E-state index is -0.101. The molecule has 2 heterocycles. The lowest BCUT2D eigenvalue weighted by Crippen LogP contribution is -2.30. The van der Waals surface area contributed by atoms with Gasteiger partial charge in [0.05, 0.1) is 0 Å². The van der Waals surface area contributed by atoms with Crippen LogP contribution in [0.2, 0.25) is 0 Å². The van der Waals surface area contributed by atoms with Gasteiger partial charge in [-0.1, -0.05) is 65.3 Å². The van der Waals surface area contributed by atoms with Crippen LogP contribution >= 0.6 is 0 Å². The molecule has 2 aromatic carbocycles. The van der Waals surface area contributed by atoms with Crippen molar-refractivity contribution < 1.29 is 9.32 Å². The number of aromatic nitrogens is 2. The average Bonchev–Trinajstić information content (AvgIpc) is 3.39. The van der Waals surface area contributed by atoms with Gasteiger partial charge in [-0.2, -0.15) is 4.98 Å². The second kappa shape index (κ2) is 8.38. The normalized spacial score (nSPS) is 16.5. The molecule has 1 aliphatic rings. The molecule has 0 aliphatic carbocycles. The molecule has 28 heavy (non-hydrogen) atoms. The van der Waals surface area contributed by atoms with Crippen molar-refractivity contribution >= 4 is 5.91 Å². The van der Waals surface area contributed by atoms with Crippen LogP contribution in [0.15, 0.2) is 59.1 Å². The molecule has 1 amide bonds. The zero-order valence-electron chi connectivity index (χ0n) is 16.2. The van der Waals surface area contributed by atoms with Gasteiger partial charge in [0.15, 0.2) is 0 Å². The molecule has 1 atom stereocenters. The van der Waals surface area contributed by atoms with Crippen molar-refractivity contribution in [2.75, 3.05) is 6.54 Å². The Morgan fingerprint density at radius 3 is 2.71 bits per heavy atom. The van der Waals surface area contributed by atoms with Gasteiger partial charge in [-0.05, 0) is 38.2 Å². The zero-order valence-corrected chi connectivity index (χ0v) is 16.2. The second-order valence-electron chi connectivity index (χ2n) is 7.41. The molecule has 0 saturated carbocycles. The molecule has 0 N–H and O–H groups in total. The quantitative estimate of drug-likeness (QED) is 0.625. The summed E-state index contributed by atoms with van der Waals surface area (Å²) in [6, 6.07) is 18.2. The maximum atomic E-state index is 12.8. The van der Waals surface area contributed by atoms with Crippen molar-refractivity contribution in [3.05, 3.63) is 71.6 Å². The lowest BCUT2D eigenvalue weighted by Gasteiger charge is -2.21. The van der Waals surface area contributed by atoms with E-state index < -0.39 is 0 Å². The monoisotopic (exact) mass is 375 g/mol. The Balaban J connectivity index is 1.39. The average molecular weight is 375 g/mol. The van der Waals surface area contributed by atoms with E-state index in [4.69, 9.17) is 4.52 Å². The van der Waals surface area contributed by atoms with Crippen LogP contribution < -0.4 is 0 Å². The smallest absolute Gasteiger partial charge is 0.249 e. The molecule has 0 radical (unpaired) electrons. The summed E-state index contributed by atoms with van der Waals surface area (Å²) in [6.07, 6.45) is 4.16. The van der Waals surface area contributed by atoms with E-state index in [1.165, 1.54) is 11.1 Å². The lowest BCUT2D eigenvalue weighted by molar-refractivity contribution is -0.132. The molecular weight excluding hydrogens is 350 g/mol. The number of benzene rings is 2. The number of hydrogen-bond acceptors (Lipinski definition) is 4. The summed E-state index contributed by atoms with van der Waals surface area (Å²) in [5.41, 5.74) is 3.39. The van der Waals surface area contributed by atoms with Crippen molar-refractivity contribution in [2.45, 2.75) is 45.1 Å². The third-order valence-electron chi connectivity index (χ3n) is 5.31. The first-order chi connectivity index (χ1) is 13.7. The van der Waals surface area contributed by atoms with Crippen LogP contribution in [-0.4, -0.2) is 27.5 Å². The Bertz CT molecular complexity index is 919. The molecule has 5 heteroatoms. The van der Waals surface area contributed by atoms with E-state index in [2.05, 4.69) is 22.3 Å². The van der Waals surface area contributed by atoms with E-state index in [0.29, 0.717) is 18.1 Å². The van der Waals surface area contributed by atoms with Crippen LogP contribution in [-0.2, 0) is 11.2 Å². The highest BCUT2D eigenvalue weighted by Crippen LogP contribution is 2.32. The number of hydrogen-bond donors (Lipinski definition) is 0. The first-order valence-electron chi connectivity index (χ1n) is 9.95. The molecule has 0 spiro atoms. The molecule has 1 aromatic heterocycles. The second-order valence-corrected chi connectivity index (χ2v) is 7.41. The minimum Gasteiger partial charge on any atom is -0.337 e. The Kier molecular flexibility index (Phi) is 5.51. The van der Waals surface area contributed by atoms with Crippen LogP contribution in [0.4, 0.5) is 0 Å². The van der Waals surface area contributed by atoms with Gasteiger partial charge in [-0.3, -0.25) is 4.79 Å². The summed E-state index contributed by atoms with van der Waals surface area (Å²) in [7, 11) is 0. The minimum absolute atomic E-state index is 0.101. The number of nitrogens with zero attached hydrogens (tertiary/aromatic N) is 3. The van der Waals surface area contributed by atoms with E-state index in [1.807, 2.05) is 54.3 Å². The number of aryl methyl sites for hydroxylation is 2. The first-order valence-corrected chi connectivity index (χ1v) is 9.95. The molecule has 0 unspecified atom stereocenters. The van der Waals surface area contributed by atoms with E-state index >= 15 is 0 Å². The molecule has 4 rings (SSSR count). The summed E-state index contributed by atoms with van der Waals surface area (Å²) >= 11 is 0. The van der Waals surface area contributed by atoms with E-state index in [0.717, 1.165) is 37.8 Å². The maximum Gasteiger partial charge on any atom is 0.249 e. The molecule has 1 aliphatic heterocycles. The van der Waals surface area contributed by atoms with Crippen molar-refractivity contribution in [3.63, 3.8) is 0 Å². The highest BCUT2D eigenvalue weighted by atomic mass is 16.5. The van der Waals surface area contributed by atoms with Crippen molar-refractivity contribution in [2.24, 2.45) is 0 Å². The lowest BCUT2D eigenvalue weighted by atomic mass is 10.1. The molecule has 3 aromatic rings. The summed E-state index contributed by atoms with van der Waals surface area (Å²) in [5, 5.41) is 4.13. The summed E-state index contributed by atoms with van der Waals surface area (Å²) in [4.78, 5) is 19.3. The van der Waals surface area contributed by atoms with Crippen molar-refractivity contribution in [1.82, 2.24) is 15.0 Å². The molecule has 1 saturated heterocycles. The molecule has 5 nitrogen and oxygen atoms in total. The van der Waals surface area contributed by atoms with E-state index in [1.54, 1.807) is 0 Å². The van der Waals surface area contributed by atoms with Crippen molar-refractivity contribution in [1.29, 1.82) is 0 Å². The zero-order chi connectivity index (χ0) is 19.3. The fourth-order valence-electron chi connectivity index (χ4n) is 3.74. The summed E-state index contributed by atoms with van der Waals surface area (Å²) in [5.74, 6) is 1.30. The fourth-order valence-corrected chi connectivity index (χ4v) is 3.74. The topological polar surface area (TPSA) is 59.2 Å². The van der Waals surface area contributed by atoms with Gasteiger partial charge in [-0.15, -0.1) is 0 Å². The summed E-state index contributed by atoms with van der Waals surface area (Å²) in [6.45, 7) is 2.81. The number of amides is 1. The van der Waals surface area contributed by atoms with Gasteiger partial charge in [-0.25, -0.2) is 0 Å². The number of likely N-dealkylation sites (tertiary alicyclic amines) is 1. The summed E-state index contributed by atoms with van der Waals surface area (Å²) < 4.78 is 5.53. The Hall–Kier alpha value is -2.95. The van der Waals surface area contributed by atoms with Crippen LogP contribution in [0.25, 0.3) is 11.4 Å². The number of carbonyl (C=O) groups excluding carboxylic acids is 1. The van der Waals surface area contributed by atoms with Gasteiger partial charge >= 0.3 is 0 Å². The third kappa shape index (κ3) is 4.14. The Morgan fingerprint density at radius 2 is 1.93 bits per heavy atom. The van der Waals surface area contributed by atoms with Gasteiger partial charge in [0.1, 0.15) is 6.04 Å². The molecule has 0 bridgehead atoms. The van der Waals surface area contributed by atoms with E-state index in [9.17, 15) is 4.79 Å². The molecule has 1 fully saturated rings. The largest absolute Gasteiger partial charge is 0.337 e. The van der Waals surface area contributed by atoms with Gasteiger partial charge in [0.25, 0.3) is 0 Å². The van der Waals surface area contributed by atoms with Gasteiger partial charge in [0, 0.05) is 18.5 Å². The highest BCUT2D eigenvalue weighted by molar-refractivity contribution is 5.77. The first kappa shape index (κ1) is 18.4. The predicted octanol–water partition coefficient (Wildman–Crippen LogP) is 4.73.